The zero-order valence-corrected chi connectivity index (χ0v) is 11.3. The molecule has 1 aromatic rings. The van der Waals surface area contributed by atoms with Crippen LogP contribution in [0, 0.1) is 0 Å². The van der Waals surface area contributed by atoms with E-state index in [1.54, 1.807) is 19.0 Å². The van der Waals surface area contributed by atoms with Crippen LogP contribution in [0.5, 0.6) is 0 Å². The molecule has 4 heteroatoms. The molecule has 0 heterocycles. The number of hydrogen-bond acceptors (Lipinski definition) is 2. The van der Waals surface area contributed by atoms with Crippen LogP contribution >= 0.6 is 15.9 Å². The van der Waals surface area contributed by atoms with Gasteiger partial charge >= 0.3 is 5.97 Å². The summed E-state index contributed by atoms with van der Waals surface area (Å²) in [7, 11) is 3.58. The lowest BCUT2D eigenvalue weighted by molar-refractivity contribution is -0.151. The molecular weight excluding hydrogens is 270 g/mol. The maximum absolute atomic E-state index is 11.5. The molecule has 1 aromatic carbocycles. The van der Waals surface area contributed by atoms with Crippen LogP contribution in [0.3, 0.4) is 0 Å². The Morgan fingerprint density at radius 1 is 1.50 bits per heavy atom. The highest BCUT2D eigenvalue weighted by molar-refractivity contribution is 9.10. The number of rotatable bonds is 4. The highest BCUT2D eigenvalue weighted by Gasteiger charge is 2.40. The lowest BCUT2D eigenvalue weighted by Crippen LogP contribution is -2.47. The van der Waals surface area contributed by atoms with Gasteiger partial charge in [0, 0.05) is 4.47 Å². The molecule has 1 unspecified atom stereocenters. The Bertz CT molecular complexity index is 392. The Morgan fingerprint density at radius 3 is 2.50 bits per heavy atom. The number of aliphatic carboxylic acids is 1. The van der Waals surface area contributed by atoms with E-state index in [0.29, 0.717) is 6.42 Å². The van der Waals surface area contributed by atoms with Gasteiger partial charge in [-0.2, -0.15) is 0 Å². The molecule has 0 bridgehead atoms. The summed E-state index contributed by atoms with van der Waals surface area (Å²) in [5.41, 5.74) is -0.161. The summed E-state index contributed by atoms with van der Waals surface area (Å²) in [5.74, 6) is -0.821. The minimum Gasteiger partial charge on any atom is -0.480 e. The van der Waals surface area contributed by atoms with E-state index in [4.69, 9.17) is 0 Å². The number of carbonyl (C=O) groups is 1. The Hall–Kier alpha value is -0.870. The van der Waals surface area contributed by atoms with Crippen molar-refractivity contribution >= 4 is 21.9 Å². The fourth-order valence-electron chi connectivity index (χ4n) is 1.99. The van der Waals surface area contributed by atoms with Crippen molar-refractivity contribution in [3.05, 3.63) is 34.3 Å². The van der Waals surface area contributed by atoms with Gasteiger partial charge in [-0.25, -0.2) is 4.79 Å². The molecule has 1 N–H and O–H groups in total. The van der Waals surface area contributed by atoms with E-state index in [0.717, 1.165) is 10.0 Å². The van der Waals surface area contributed by atoms with Crippen LogP contribution in [0.25, 0.3) is 0 Å². The molecule has 16 heavy (non-hydrogen) atoms. The smallest absolute Gasteiger partial charge is 0.328 e. The Balaban J connectivity index is 3.36. The number of hydrogen-bond donors (Lipinski definition) is 1. The fourth-order valence-corrected chi connectivity index (χ4v) is 2.39. The van der Waals surface area contributed by atoms with Crippen LogP contribution in [-0.4, -0.2) is 30.1 Å². The molecule has 0 saturated heterocycles. The van der Waals surface area contributed by atoms with Crippen LogP contribution in [0.2, 0.25) is 0 Å². The zero-order valence-electron chi connectivity index (χ0n) is 9.70. The predicted octanol–water partition coefficient (Wildman–Crippen LogP) is 2.70. The third-order valence-corrected chi connectivity index (χ3v) is 3.42. The number of halogens is 1. The van der Waals surface area contributed by atoms with Gasteiger partial charge in [-0.05, 0) is 38.2 Å². The van der Waals surface area contributed by atoms with E-state index in [1.807, 2.05) is 31.2 Å². The quantitative estimate of drug-likeness (QED) is 0.925. The Kier molecular flexibility index (Phi) is 4.10. The first kappa shape index (κ1) is 13.2. The molecule has 0 fully saturated rings. The van der Waals surface area contributed by atoms with Gasteiger partial charge in [-0.1, -0.05) is 35.0 Å². The van der Waals surface area contributed by atoms with E-state index < -0.39 is 11.5 Å². The van der Waals surface area contributed by atoms with Gasteiger partial charge in [-0.15, -0.1) is 0 Å². The van der Waals surface area contributed by atoms with Crippen molar-refractivity contribution < 1.29 is 9.90 Å². The van der Waals surface area contributed by atoms with Crippen LogP contribution in [-0.2, 0) is 10.3 Å². The van der Waals surface area contributed by atoms with E-state index in [9.17, 15) is 9.90 Å². The van der Waals surface area contributed by atoms with Gasteiger partial charge in [-0.3, -0.25) is 4.90 Å². The third kappa shape index (κ3) is 2.13. The molecule has 0 aliphatic carbocycles. The Labute approximate surface area is 104 Å². The monoisotopic (exact) mass is 285 g/mol. The molecule has 0 aliphatic rings. The normalized spacial score (nSPS) is 14.8. The molecular formula is C12H16BrNO2. The van der Waals surface area contributed by atoms with Crippen LogP contribution < -0.4 is 0 Å². The average molecular weight is 286 g/mol. The van der Waals surface area contributed by atoms with E-state index in [2.05, 4.69) is 15.9 Å². The summed E-state index contributed by atoms with van der Waals surface area (Å²) in [6, 6.07) is 7.46. The first-order valence-electron chi connectivity index (χ1n) is 5.12. The predicted molar refractivity (Wildman–Crippen MR) is 67.4 cm³/mol. The van der Waals surface area contributed by atoms with Gasteiger partial charge in [0.15, 0.2) is 0 Å². The highest BCUT2D eigenvalue weighted by Crippen LogP contribution is 2.32. The van der Waals surface area contributed by atoms with Crippen LogP contribution in [0.15, 0.2) is 28.7 Å². The number of carboxylic acids is 1. The largest absolute Gasteiger partial charge is 0.480 e. The zero-order chi connectivity index (χ0) is 12.3. The number of likely N-dealkylation sites (N-methyl/N-ethyl adjacent to an activating group) is 1. The van der Waals surface area contributed by atoms with Crippen molar-refractivity contribution in [3.8, 4) is 0 Å². The lowest BCUT2D eigenvalue weighted by Gasteiger charge is -2.35. The molecule has 0 amide bonds. The topological polar surface area (TPSA) is 40.5 Å². The van der Waals surface area contributed by atoms with Gasteiger partial charge in [0.2, 0.25) is 0 Å². The second kappa shape index (κ2) is 4.97. The molecule has 0 radical (unpaired) electrons. The standard InChI is InChI=1S/C12H16BrNO2/c1-4-12(11(15)16,14(2)3)9-6-5-7-10(13)8-9/h5-8H,4H2,1-3H3,(H,15,16). The number of nitrogens with zero attached hydrogens (tertiary/aromatic N) is 1. The van der Waals surface area contributed by atoms with Crippen molar-refractivity contribution in [3.63, 3.8) is 0 Å². The molecule has 3 nitrogen and oxygen atoms in total. The minimum atomic E-state index is -0.955. The summed E-state index contributed by atoms with van der Waals surface area (Å²) in [5, 5.41) is 9.48. The number of carboxylic acid groups (broad SMARTS) is 1. The van der Waals surface area contributed by atoms with Crippen LogP contribution in [0.4, 0.5) is 0 Å². The first-order chi connectivity index (χ1) is 7.45. The fraction of sp³-hybridized carbons (Fsp3) is 0.417. The lowest BCUT2D eigenvalue weighted by atomic mass is 9.86. The Morgan fingerprint density at radius 2 is 2.12 bits per heavy atom. The van der Waals surface area contributed by atoms with Gasteiger partial charge < -0.3 is 5.11 Å². The summed E-state index contributed by atoms with van der Waals surface area (Å²) >= 11 is 3.37. The van der Waals surface area contributed by atoms with E-state index in [-0.39, 0.29) is 0 Å². The van der Waals surface area contributed by atoms with Crippen molar-refractivity contribution in [1.82, 2.24) is 4.90 Å². The molecule has 1 rings (SSSR count). The summed E-state index contributed by atoms with van der Waals surface area (Å²) in [6.45, 7) is 1.88. The van der Waals surface area contributed by atoms with E-state index in [1.165, 1.54) is 0 Å². The summed E-state index contributed by atoms with van der Waals surface area (Å²) in [4.78, 5) is 13.3. The summed E-state index contributed by atoms with van der Waals surface area (Å²) < 4.78 is 0.894. The summed E-state index contributed by atoms with van der Waals surface area (Å²) in [6.07, 6.45) is 0.520. The van der Waals surface area contributed by atoms with Crippen molar-refractivity contribution in [1.29, 1.82) is 0 Å². The van der Waals surface area contributed by atoms with Crippen LogP contribution in [0.1, 0.15) is 18.9 Å². The van der Waals surface area contributed by atoms with Crippen molar-refractivity contribution in [2.45, 2.75) is 18.9 Å². The maximum atomic E-state index is 11.5. The van der Waals surface area contributed by atoms with Crippen molar-refractivity contribution in [2.24, 2.45) is 0 Å². The second-order valence-corrected chi connectivity index (χ2v) is 4.84. The highest BCUT2D eigenvalue weighted by atomic mass is 79.9. The first-order valence-corrected chi connectivity index (χ1v) is 5.91. The maximum Gasteiger partial charge on any atom is 0.328 e. The minimum absolute atomic E-state index is 0.520. The van der Waals surface area contributed by atoms with E-state index >= 15 is 0 Å². The van der Waals surface area contributed by atoms with Gasteiger partial charge in [0.05, 0.1) is 0 Å². The second-order valence-electron chi connectivity index (χ2n) is 3.92. The molecule has 88 valence electrons. The molecule has 0 aliphatic heterocycles. The third-order valence-electron chi connectivity index (χ3n) is 2.93. The molecule has 1 atom stereocenters. The SMILES string of the molecule is CCC(C(=O)O)(c1cccc(Br)c1)N(C)C. The number of benzene rings is 1. The average Bonchev–Trinajstić information content (AvgIpc) is 2.18. The van der Waals surface area contributed by atoms with Gasteiger partial charge in [0.25, 0.3) is 0 Å². The molecule has 0 spiro atoms. The van der Waals surface area contributed by atoms with Crippen molar-refractivity contribution in [2.75, 3.05) is 14.1 Å². The molecule has 0 saturated carbocycles. The van der Waals surface area contributed by atoms with Gasteiger partial charge in [0.1, 0.15) is 5.54 Å². The molecule has 0 aromatic heterocycles.